The molecule has 0 aromatic heterocycles. The molecule has 1 aliphatic heterocycles. The summed E-state index contributed by atoms with van der Waals surface area (Å²) in [6.07, 6.45) is 0.606. The van der Waals surface area contributed by atoms with Crippen LogP contribution >= 0.6 is 0 Å². The van der Waals surface area contributed by atoms with Crippen LogP contribution in [0.5, 0.6) is 11.5 Å². The van der Waals surface area contributed by atoms with Gasteiger partial charge in [0.25, 0.3) is 5.91 Å². The number of methoxy groups -OCH3 is 2. The number of hydrogen-bond donors (Lipinski definition) is 1. The van der Waals surface area contributed by atoms with Crippen LogP contribution in [0.2, 0.25) is 0 Å². The first-order chi connectivity index (χ1) is 13.5. The minimum absolute atomic E-state index is 0.102. The van der Waals surface area contributed by atoms with Gasteiger partial charge in [0.2, 0.25) is 0 Å². The fraction of sp³-hybridized carbons (Fsp3) is 0.273. The van der Waals surface area contributed by atoms with Gasteiger partial charge in [-0.15, -0.1) is 0 Å². The van der Waals surface area contributed by atoms with Crippen molar-refractivity contribution < 1.29 is 24.2 Å². The number of amides is 1. The van der Waals surface area contributed by atoms with Crippen LogP contribution in [0.25, 0.3) is 0 Å². The van der Waals surface area contributed by atoms with E-state index in [1.54, 1.807) is 18.2 Å². The number of rotatable bonds is 7. The summed E-state index contributed by atoms with van der Waals surface area (Å²) in [6, 6.07) is 14.3. The highest BCUT2D eigenvalue weighted by Gasteiger charge is 2.42. The van der Waals surface area contributed by atoms with E-state index >= 15 is 0 Å². The molecule has 3 rings (SSSR count). The summed E-state index contributed by atoms with van der Waals surface area (Å²) in [7, 11) is 3.06. The zero-order chi connectivity index (χ0) is 20.3. The zero-order valence-corrected chi connectivity index (χ0v) is 16.1. The Bertz CT molecular complexity index is 920. The Kier molecular flexibility index (Phi) is 5.68. The number of aliphatic hydroxyl groups is 1. The van der Waals surface area contributed by atoms with Crippen LogP contribution in [0, 0.1) is 0 Å². The first-order valence-corrected chi connectivity index (χ1v) is 8.98. The highest BCUT2D eigenvalue weighted by atomic mass is 16.5. The monoisotopic (exact) mass is 381 g/mol. The molecular formula is C22H23NO5. The normalized spacial score (nSPS) is 16.5. The molecule has 2 aromatic rings. The molecule has 6 nitrogen and oxygen atoms in total. The van der Waals surface area contributed by atoms with Gasteiger partial charge in [-0.05, 0) is 36.6 Å². The van der Waals surface area contributed by atoms with Crippen molar-refractivity contribution in [1.82, 2.24) is 4.90 Å². The molecule has 0 saturated carbocycles. The molecule has 0 saturated heterocycles. The third-order valence-electron chi connectivity index (χ3n) is 4.89. The molecule has 0 aliphatic carbocycles. The van der Waals surface area contributed by atoms with Crippen LogP contribution < -0.4 is 9.47 Å². The smallest absolute Gasteiger partial charge is 0.290 e. The van der Waals surface area contributed by atoms with Gasteiger partial charge in [-0.25, -0.2) is 0 Å². The average Bonchev–Trinajstić information content (AvgIpc) is 2.97. The van der Waals surface area contributed by atoms with Crippen molar-refractivity contribution in [2.24, 2.45) is 0 Å². The van der Waals surface area contributed by atoms with E-state index < -0.39 is 17.7 Å². The number of aliphatic hydroxyl groups excluding tert-OH is 1. The van der Waals surface area contributed by atoms with Crippen LogP contribution in [0.4, 0.5) is 0 Å². The number of ketones is 1. The van der Waals surface area contributed by atoms with E-state index in [0.29, 0.717) is 30.0 Å². The molecule has 1 aliphatic rings. The molecular weight excluding hydrogens is 358 g/mol. The molecule has 146 valence electrons. The van der Waals surface area contributed by atoms with Gasteiger partial charge in [-0.3, -0.25) is 9.59 Å². The van der Waals surface area contributed by atoms with Crippen LogP contribution in [-0.4, -0.2) is 42.5 Å². The summed E-state index contributed by atoms with van der Waals surface area (Å²) in [5, 5.41) is 10.4. The van der Waals surface area contributed by atoms with Gasteiger partial charge in [0.15, 0.2) is 23.0 Å². The highest BCUT2D eigenvalue weighted by Crippen LogP contribution is 2.40. The molecule has 28 heavy (non-hydrogen) atoms. The maximum Gasteiger partial charge on any atom is 0.290 e. The minimum Gasteiger partial charge on any atom is -0.503 e. The molecule has 0 unspecified atom stereocenters. The summed E-state index contributed by atoms with van der Waals surface area (Å²) >= 11 is 0. The van der Waals surface area contributed by atoms with Crippen molar-refractivity contribution in [2.75, 3.05) is 20.8 Å². The minimum atomic E-state index is -0.673. The number of hydrogen-bond acceptors (Lipinski definition) is 5. The lowest BCUT2D eigenvalue weighted by molar-refractivity contribution is -0.129. The molecule has 0 bridgehead atoms. The Labute approximate surface area is 164 Å². The summed E-state index contributed by atoms with van der Waals surface area (Å²) in [5.74, 6) is -0.331. The van der Waals surface area contributed by atoms with Crippen LogP contribution in [0.3, 0.4) is 0 Å². The Morgan fingerprint density at radius 1 is 1.07 bits per heavy atom. The van der Waals surface area contributed by atoms with Gasteiger partial charge in [0.05, 0.1) is 25.8 Å². The summed E-state index contributed by atoms with van der Waals surface area (Å²) in [5.41, 5.74) is 1.84. The lowest BCUT2D eigenvalue weighted by Gasteiger charge is -2.27. The number of carbonyl (C=O) groups is 2. The number of ether oxygens (including phenoxy) is 2. The second-order valence-electron chi connectivity index (χ2n) is 6.57. The second kappa shape index (κ2) is 8.17. The third kappa shape index (κ3) is 3.58. The SMILES string of the molecule is COc1ccc([C@@H]2C(C(C)=O)=C(O)C(=O)N2CCc2ccccc2)cc1OC. The Hall–Kier alpha value is -3.28. The predicted octanol–water partition coefficient (Wildman–Crippen LogP) is 3.23. The molecule has 6 heteroatoms. The fourth-order valence-corrected chi connectivity index (χ4v) is 3.51. The van der Waals surface area contributed by atoms with E-state index in [4.69, 9.17) is 9.47 Å². The van der Waals surface area contributed by atoms with Gasteiger partial charge in [-0.1, -0.05) is 36.4 Å². The maximum atomic E-state index is 12.7. The van der Waals surface area contributed by atoms with E-state index in [9.17, 15) is 14.7 Å². The lowest BCUT2D eigenvalue weighted by atomic mass is 9.96. The first-order valence-electron chi connectivity index (χ1n) is 8.98. The van der Waals surface area contributed by atoms with Gasteiger partial charge < -0.3 is 19.5 Å². The van der Waals surface area contributed by atoms with E-state index in [2.05, 4.69) is 0 Å². The Morgan fingerprint density at radius 3 is 2.36 bits per heavy atom. The van der Waals surface area contributed by atoms with Crippen molar-refractivity contribution in [3.8, 4) is 11.5 Å². The van der Waals surface area contributed by atoms with Gasteiger partial charge in [0, 0.05) is 6.54 Å². The molecule has 1 amide bonds. The summed E-state index contributed by atoms with van der Waals surface area (Å²) in [6.45, 7) is 1.72. The lowest BCUT2D eigenvalue weighted by Crippen LogP contribution is -2.33. The first kappa shape index (κ1) is 19.5. The number of carbonyl (C=O) groups excluding carboxylic acids is 2. The largest absolute Gasteiger partial charge is 0.503 e. The van der Waals surface area contributed by atoms with E-state index in [-0.39, 0.29) is 11.4 Å². The molecule has 0 radical (unpaired) electrons. The predicted molar refractivity (Wildman–Crippen MR) is 104 cm³/mol. The van der Waals surface area contributed by atoms with E-state index in [1.165, 1.54) is 26.0 Å². The third-order valence-corrected chi connectivity index (χ3v) is 4.89. The standard InChI is InChI=1S/C22H23NO5/c1-14(24)19-20(16-9-10-17(27-2)18(13-16)28-3)23(22(26)21(19)25)12-11-15-7-5-4-6-8-15/h4-10,13,20,25H,11-12H2,1-3H3/t20-/m1/s1. The van der Waals surface area contributed by atoms with Crippen molar-refractivity contribution in [3.05, 3.63) is 71.0 Å². The molecule has 1 heterocycles. The van der Waals surface area contributed by atoms with Gasteiger partial charge >= 0.3 is 0 Å². The fourth-order valence-electron chi connectivity index (χ4n) is 3.51. The highest BCUT2D eigenvalue weighted by molar-refractivity contribution is 6.08. The zero-order valence-electron chi connectivity index (χ0n) is 16.1. The quantitative estimate of drug-likeness (QED) is 0.797. The maximum absolute atomic E-state index is 12.7. The number of benzene rings is 2. The van der Waals surface area contributed by atoms with Gasteiger partial charge in [0.1, 0.15) is 0 Å². The molecule has 1 N–H and O–H groups in total. The Morgan fingerprint density at radius 2 is 1.75 bits per heavy atom. The number of Topliss-reactive ketones (excluding diaryl/α,β-unsaturated/α-hetero) is 1. The van der Waals surface area contributed by atoms with Crippen molar-refractivity contribution in [2.45, 2.75) is 19.4 Å². The second-order valence-corrected chi connectivity index (χ2v) is 6.57. The topological polar surface area (TPSA) is 76.1 Å². The van der Waals surface area contributed by atoms with Crippen molar-refractivity contribution >= 4 is 11.7 Å². The van der Waals surface area contributed by atoms with E-state index in [1.807, 2.05) is 30.3 Å². The van der Waals surface area contributed by atoms with Crippen LogP contribution in [0.15, 0.2) is 59.9 Å². The van der Waals surface area contributed by atoms with Gasteiger partial charge in [-0.2, -0.15) is 0 Å². The van der Waals surface area contributed by atoms with Crippen molar-refractivity contribution in [1.29, 1.82) is 0 Å². The van der Waals surface area contributed by atoms with Crippen molar-refractivity contribution in [3.63, 3.8) is 0 Å². The van der Waals surface area contributed by atoms with E-state index in [0.717, 1.165) is 5.56 Å². The Balaban J connectivity index is 1.99. The molecule has 0 fully saturated rings. The van der Waals surface area contributed by atoms with Crippen LogP contribution in [0.1, 0.15) is 24.1 Å². The molecule has 2 aromatic carbocycles. The molecule has 0 spiro atoms. The average molecular weight is 381 g/mol. The number of nitrogens with zero attached hydrogens (tertiary/aromatic N) is 1. The summed E-state index contributed by atoms with van der Waals surface area (Å²) < 4.78 is 10.6. The molecule has 1 atom stereocenters. The van der Waals surface area contributed by atoms with Crippen LogP contribution in [-0.2, 0) is 16.0 Å². The summed E-state index contributed by atoms with van der Waals surface area (Å²) in [4.78, 5) is 26.5.